The standard InChI is InChI=1S/C17H17FN2O4S/c1-24-10-2-9-19-17(21)12-3-8-16(15(11-12)20(22)23)25-14-6-4-13(18)5-7-14/h3-8,11H,2,9-10H2,1H3,(H,19,21). The van der Waals surface area contributed by atoms with Gasteiger partial charge in [0.15, 0.2) is 0 Å². The van der Waals surface area contributed by atoms with Gasteiger partial charge in [0, 0.05) is 36.8 Å². The van der Waals surface area contributed by atoms with E-state index in [2.05, 4.69) is 5.32 Å². The van der Waals surface area contributed by atoms with Gasteiger partial charge in [-0.1, -0.05) is 11.8 Å². The Morgan fingerprint density at radius 1 is 1.28 bits per heavy atom. The van der Waals surface area contributed by atoms with Crippen LogP contribution in [-0.2, 0) is 4.74 Å². The third kappa shape index (κ3) is 5.54. The van der Waals surface area contributed by atoms with Crippen LogP contribution >= 0.6 is 11.8 Å². The lowest BCUT2D eigenvalue weighted by Crippen LogP contribution is -2.25. The van der Waals surface area contributed by atoms with Crippen molar-refractivity contribution < 1.29 is 18.8 Å². The van der Waals surface area contributed by atoms with Gasteiger partial charge in [0.25, 0.3) is 11.6 Å². The molecule has 0 bridgehead atoms. The zero-order valence-electron chi connectivity index (χ0n) is 13.5. The second kappa shape index (κ2) is 9.14. The molecule has 0 radical (unpaired) electrons. The van der Waals surface area contributed by atoms with Crippen molar-refractivity contribution in [1.29, 1.82) is 0 Å². The van der Waals surface area contributed by atoms with Crippen molar-refractivity contribution in [3.05, 3.63) is 64.0 Å². The molecule has 0 aliphatic heterocycles. The number of nitro benzene ring substituents is 1. The molecular formula is C17H17FN2O4S. The van der Waals surface area contributed by atoms with Crippen molar-refractivity contribution in [2.75, 3.05) is 20.3 Å². The van der Waals surface area contributed by atoms with Gasteiger partial charge in [0.05, 0.1) is 9.82 Å². The van der Waals surface area contributed by atoms with Crippen LogP contribution in [-0.4, -0.2) is 31.1 Å². The highest BCUT2D eigenvalue weighted by Gasteiger charge is 2.18. The summed E-state index contributed by atoms with van der Waals surface area (Å²) in [6.45, 7) is 0.945. The number of ether oxygens (including phenoxy) is 1. The number of nitrogens with one attached hydrogen (secondary N) is 1. The van der Waals surface area contributed by atoms with Crippen LogP contribution in [0.15, 0.2) is 52.3 Å². The summed E-state index contributed by atoms with van der Waals surface area (Å²) in [6.07, 6.45) is 0.656. The van der Waals surface area contributed by atoms with Gasteiger partial charge in [-0.2, -0.15) is 0 Å². The first-order chi connectivity index (χ1) is 12.0. The molecule has 0 heterocycles. The van der Waals surface area contributed by atoms with E-state index in [1.54, 1.807) is 19.2 Å². The minimum absolute atomic E-state index is 0.168. The number of carbonyl (C=O) groups excluding carboxylic acids is 1. The Balaban J connectivity index is 2.15. The highest BCUT2D eigenvalue weighted by molar-refractivity contribution is 7.99. The van der Waals surface area contributed by atoms with E-state index in [0.29, 0.717) is 29.4 Å². The highest BCUT2D eigenvalue weighted by atomic mass is 32.2. The molecule has 0 aromatic heterocycles. The van der Waals surface area contributed by atoms with Crippen molar-refractivity contribution in [2.45, 2.75) is 16.2 Å². The smallest absolute Gasteiger partial charge is 0.284 e. The largest absolute Gasteiger partial charge is 0.385 e. The summed E-state index contributed by atoms with van der Waals surface area (Å²) in [5.41, 5.74) is 0.0476. The van der Waals surface area contributed by atoms with Crippen LogP contribution in [0, 0.1) is 15.9 Å². The quantitative estimate of drug-likeness (QED) is 0.439. The number of nitrogens with zero attached hydrogens (tertiary/aromatic N) is 1. The van der Waals surface area contributed by atoms with Gasteiger partial charge in [0.1, 0.15) is 5.82 Å². The average molecular weight is 364 g/mol. The van der Waals surface area contributed by atoms with Gasteiger partial charge in [0.2, 0.25) is 0 Å². The second-order valence-electron chi connectivity index (χ2n) is 5.10. The number of hydrogen-bond donors (Lipinski definition) is 1. The molecule has 1 amide bonds. The first-order valence-electron chi connectivity index (χ1n) is 7.50. The molecule has 6 nitrogen and oxygen atoms in total. The fraction of sp³-hybridized carbons (Fsp3) is 0.235. The van der Waals surface area contributed by atoms with E-state index in [4.69, 9.17) is 4.74 Å². The van der Waals surface area contributed by atoms with Crippen molar-refractivity contribution in [3.63, 3.8) is 0 Å². The van der Waals surface area contributed by atoms with Gasteiger partial charge < -0.3 is 10.1 Å². The number of amides is 1. The molecule has 0 saturated carbocycles. The maximum absolute atomic E-state index is 13.0. The Hall–Kier alpha value is -2.45. The van der Waals surface area contributed by atoms with Crippen LogP contribution in [0.5, 0.6) is 0 Å². The summed E-state index contributed by atoms with van der Waals surface area (Å²) in [7, 11) is 1.57. The maximum Gasteiger partial charge on any atom is 0.284 e. The first-order valence-corrected chi connectivity index (χ1v) is 8.32. The van der Waals surface area contributed by atoms with Crippen LogP contribution in [0.4, 0.5) is 10.1 Å². The lowest BCUT2D eigenvalue weighted by molar-refractivity contribution is -0.387. The van der Waals surface area contributed by atoms with E-state index in [0.717, 1.165) is 11.8 Å². The zero-order chi connectivity index (χ0) is 18.2. The minimum atomic E-state index is -0.534. The summed E-state index contributed by atoms with van der Waals surface area (Å²) in [4.78, 5) is 23.9. The van der Waals surface area contributed by atoms with Gasteiger partial charge >= 0.3 is 0 Å². The zero-order valence-corrected chi connectivity index (χ0v) is 14.3. The number of benzene rings is 2. The topological polar surface area (TPSA) is 81.5 Å². The fourth-order valence-corrected chi connectivity index (χ4v) is 2.94. The Kier molecular flexibility index (Phi) is 6.91. The summed E-state index contributed by atoms with van der Waals surface area (Å²) in [5, 5.41) is 14.0. The lowest BCUT2D eigenvalue weighted by atomic mass is 10.2. The maximum atomic E-state index is 13.0. The molecule has 0 unspecified atom stereocenters. The van der Waals surface area contributed by atoms with Crippen LogP contribution in [0.25, 0.3) is 0 Å². The fourth-order valence-electron chi connectivity index (χ4n) is 2.04. The number of nitro groups is 1. The number of halogens is 1. The van der Waals surface area contributed by atoms with E-state index in [9.17, 15) is 19.3 Å². The van der Waals surface area contributed by atoms with Crippen LogP contribution in [0.2, 0.25) is 0 Å². The van der Waals surface area contributed by atoms with Gasteiger partial charge in [-0.05, 0) is 42.8 Å². The second-order valence-corrected chi connectivity index (χ2v) is 6.21. The predicted molar refractivity (Wildman–Crippen MR) is 92.4 cm³/mol. The molecule has 2 rings (SSSR count). The van der Waals surface area contributed by atoms with Crippen molar-refractivity contribution in [2.24, 2.45) is 0 Å². The molecule has 0 spiro atoms. The molecular weight excluding hydrogens is 347 g/mol. The molecule has 0 aliphatic carbocycles. The Bertz CT molecular complexity index is 753. The van der Waals surface area contributed by atoms with Crippen molar-refractivity contribution in [3.8, 4) is 0 Å². The van der Waals surface area contributed by atoms with Crippen molar-refractivity contribution >= 4 is 23.4 Å². The number of hydrogen-bond acceptors (Lipinski definition) is 5. The van der Waals surface area contributed by atoms with Crippen molar-refractivity contribution in [1.82, 2.24) is 5.32 Å². The van der Waals surface area contributed by atoms with E-state index >= 15 is 0 Å². The van der Waals surface area contributed by atoms with Crippen LogP contribution < -0.4 is 5.32 Å². The summed E-state index contributed by atoms with van der Waals surface area (Å²) in [5.74, 6) is -0.753. The molecule has 2 aromatic rings. The molecule has 0 aliphatic rings. The highest BCUT2D eigenvalue weighted by Crippen LogP contribution is 2.35. The third-order valence-electron chi connectivity index (χ3n) is 3.27. The number of rotatable bonds is 8. The minimum Gasteiger partial charge on any atom is -0.385 e. The number of methoxy groups -OCH3 is 1. The molecule has 8 heteroatoms. The van der Waals surface area contributed by atoms with E-state index in [1.807, 2.05) is 0 Å². The van der Waals surface area contributed by atoms with Gasteiger partial charge in [-0.25, -0.2) is 4.39 Å². The Morgan fingerprint density at radius 3 is 2.64 bits per heavy atom. The van der Waals surface area contributed by atoms with Gasteiger partial charge in [-0.3, -0.25) is 14.9 Å². The van der Waals surface area contributed by atoms with E-state index < -0.39 is 4.92 Å². The monoisotopic (exact) mass is 364 g/mol. The van der Waals surface area contributed by atoms with E-state index in [1.165, 1.54) is 30.3 Å². The van der Waals surface area contributed by atoms with Gasteiger partial charge in [-0.15, -0.1) is 0 Å². The summed E-state index contributed by atoms with van der Waals surface area (Å²) < 4.78 is 17.8. The van der Waals surface area contributed by atoms with E-state index in [-0.39, 0.29) is 23.0 Å². The molecule has 0 saturated heterocycles. The Labute approximate surface area is 148 Å². The number of carbonyl (C=O) groups is 1. The molecule has 1 N–H and O–H groups in total. The molecule has 0 fully saturated rings. The van der Waals surface area contributed by atoms with Crippen LogP contribution in [0.1, 0.15) is 16.8 Å². The molecule has 25 heavy (non-hydrogen) atoms. The molecule has 132 valence electrons. The Morgan fingerprint density at radius 2 is 2.00 bits per heavy atom. The normalized spacial score (nSPS) is 10.5. The first kappa shape index (κ1) is 18.9. The average Bonchev–Trinajstić information content (AvgIpc) is 2.60. The molecule has 0 atom stereocenters. The third-order valence-corrected chi connectivity index (χ3v) is 4.34. The van der Waals surface area contributed by atoms with Crippen LogP contribution in [0.3, 0.4) is 0 Å². The molecule has 2 aromatic carbocycles. The summed E-state index contributed by atoms with van der Waals surface area (Å²) >= 11 is 1.14. The SMILES string of the molecule is COCCCNC(=O)c1ccc(Sc2ccc(F)cc2)c([N+](=O)[O-])c1. The predicted octanol–water partition coefficient (Wildman–Crippen LogP) is 3.65. The summed E-state index contributed by atoms with van der Waals surface area (Å²) in [6, 6.07) is 9.96. The lowest BCUT2D eigenvalue weighted by Gasteiger charge is -2.07.